The highest BCUT2D eigenvalue weighted by Crippen LogP contribution is 2.28. The zero-order chi connectivity index (χ0) is 15.1. The second kappa shape index (κ2) is 8.40. The van der Waals surface area contributed by atoms with E-state index in [0.717, 1.165) is 38.3 Å². The molecule has 1 aromatic carbocycles. The average Bonchev–Trinajstić information content (AvgIpc) is 2.96. The lowest BCUT2D eigenvalue weighted by atomic mass is 9.94. The summed E-state index contributed by atoms with van der Waals surface area (Å²) in [6.45, 7) is 9.22. The summed E-state index contributed by atoms with van der Waals surface area (Å²) in [5, 5.41) is 3.68. The van der Waals surface area contributed by atoms with Crippen LogP contribution in [0.1, 0.15) is 51.6 Å². The van der Waals surface area contributed by atoms with Crippen molar-refractivity contribution in [2.75, 3.05) is 19.8 Å². The lowest BCUT2D eigenvalue weighted by molar-refractivity contribution is 0.181. The van der Waals surface area contributed by atoms with E-state index in [4.69, 9.17) is 9.47 Å². The van der Waals surface area contributed by atoms with Gasteiger partial charge in [0.05, 0.1) is 6.10 Å². The number of benzene rings is 1. The molecule has 0 radical (unpaired) electrons. The minimum Gasteiger partial charge on any atom is -0.491 e. The fourth-order valence-corrected chi connectivity index (χ4v) is 2.84. The number of rotatable bonds is 8. The van der Waals surface area contributed by atoms with Gasteiger partial charge in [0.2, 0.25) is 0 Å². The Morgan fingerprint density at radius 1 is 1.38 bits per heavy atom. The van der Waals surface area contributed by atoms with Gasteiger partial charge in [-0.15, -0.1) is 0 Å². The predicted molar refractivity (Wildman–Crippen MR) is 86.8 cm³/mol. The fraction of sp³-hybridized carbons (Fsp3) is 0.667. The van der Waals surface area contributed by atoms with Crippen LogP contribution in [0.2, 0.25) is 0 Å². The van der Waals surface area contributed by atoms with Crippen LogP contribution in [0.5, 0.6) is 5.75 Å². The van der Waals surface area contributed by atoms with Gasteiger partial charge in [-0.3, -0.25) is 0 Å². The maximum absolute atomic E-state index is 5.83. The van der Waals surface area contributed by atoms with Crippen LogP contribution in [0.3, 0.4) is 0 Å². The summed E-state index contributed by atoms with van der Waals surface area (Å²) in [6, 6.07) is 8.92. The van der Waals surface area contributed by atoms with Crippen LogP contribution in [0.15, 0.2) is 24.3 Å². The molecule has 0 spiro atoms. The number of nitrogens with one attached hydrogen (secondary N) is 1. The van der Waals surface area contributed by atoms with E-state index in [1.165, 1.54) is 12.0 Å². The largest absolute Gasteiger partial charge is 0.491 e. The van der Waals surface area contributed by atoms with Gasteiger partial charge in [0.1, 0.15) is 5.75 Å². The van der Waals surface area contributed by atoms with Crippen LogP contribution in [-0.4, -0.2) is 25.9 Å². The molecule has 2 rings (SSSR count). The first-order valence-electron chi connectivity index (χ1n) is 8.26. The van der Waals surface area contributed by atoms with E-state index in [1.54, 1.807) is 0 Å². The fourth-order valence-electron chi connectivity index (χ4n) is 2.84. The van der Waals surface area contributed by atoms with Crippen molar-refractivity contribution in [3.05, 3.63) is 29.8 Å². The van der Waals surface area contributed by atoms with E-state index in [9.17, 15) is 0 Å². The Morgan fingerprint density at radius 2 is 2.24 bits per heavy atom. The molecule has 0 aromatic heterocycles. The molecule has 3 heteroatoms. The minimum absolute atomic E-state index is 0.213. The summed E-state index contributed by atoms with van der Waals surface area (Å²) in [5.74, 6) is 1.64. The molecule has 0 aliphatic carbocycles. The number of hydrogen-bond donors (Lipinski definition) is 1. The van der Waals surface area contributed by atoms with Crippen LogP contribution in [0.25, 0.3) is 0 Å². The smallest absolute Gasteiger partial charge is 0.120 e. The van der Waals surface area contributed by atoms with Gasteiger partial charge in [0.15, 0.2) is 0 Å². The van der Waals surface area contributed by atoms with E-state index in [0.29, 0.717) is 12.0 Å². The molecule has 21 heavy (non-hydrogen) atoms. The Labute approximate surface area is 129 Å². The molecule has 2 atom stereocenters. The molecule has 3 nitrogen and oxygen atoms in total. The zero-order valence-electron chi connectivity index (χ0n) is 13.6. The molecule has 1 saturated heterocycles. The summed E-state index contributed by atoms with van der Waals surface area (Å²) < 4.78 is 11.3. The normalized spacial score (nSPS) is 19.9. The van der Waals surface area contributed by atoms with Crippen molar-refractivity contribution < 1.29 is 9.47 Å². The number of hydrogen-bond acceptors (Lipinski definition) is 3. The summed E-state index contributed by atoms with van der Waals surface area (Å²) in [5.41, 5.74) is 1.33. The quantitative estimate of drug-likeness (QED) is 0.787. The van der Waals surface area contributed by atoms with Crippen molar-refractivity contribution in [2.45, 2.75) is 52.2 Å². The van der Waals surface area contributed by atoms with Crippen LogP contribution in [0, 0.1) is 5.92 Å². The van der Waals surface area contributed by atoms with Crippen LogP contribution < -0.4 is 10.1 Å². The molecule has 1 fully saturated rings. The maximum Gasteiger partial charge on any atom is 0.120 e. The molecule has 0 bridgehead atoms. The molecule has 1 aromatic rings. The van der Waals surface area contributed by atoms with Gasteiger partial charge in [-0.1, -0.05) is 19.1 Å². The standard InChI is InChI=1S/C18H29NO2/c1-4-9-19-18(11-15-8-10-20-13-15)16-6-5-7-17(12-16)21-14(2)3/h5-7,12,14-15,18-19H,4,8-11,13H2,1-3H3. The van der Waals surface area contributed by atoms with Gasteiger partial charge in [0.25, 0.3) is 0 Å². The Morgan fingerprint density at radius 3 is 2.90 bits per heavy atom. The molecule has 118 valence electrons. The summed E-state index contributed by atoms with van der Waals surface area (Å²) in [6.07, 6.45) is 3.70. The molecular formula is C18H29NO2. The second-order valence-corrected chi connectivity index (χ2v) is 6.21. The Hall–Kier alpha value is -1.06. The van der Waals surface area contributed by atoms with Crippen molar-refractivity contribution >= 4 is 0 Å². The Bertz CT molecular complexity index is 413. The first kappa shape index (κ1) is 16.3. The lowest BCUT2D eigenvalue weighted by Crippen LogP contribution is -2.25. The summed E-state index contributed by atoms with van der Waals surface area (Å²) in [4.78, 5) is 0. The summed E-state index contributed by atoms with van der Waals surface area (Å²) >= 11 is 0. The molecule has 0 amide bonds. The maximum atomic E-state index is 5.83. The molecule has 2 unspecified atom stereocenters. The van der Waals surface area contributed by atoms with Crippen molar-refractivity contribution in [3.63, 3.8) is 0 Å². The van der Waals surface area contributed by atoms with Crippen molar-refractivity contribution in [2.24, 2.45) is 5.92 Å². The predicted octanol–water partition coefficient (Wildman–Crippen LogP) is 3.94. The molecule has 1 aliphatic heterocycles. The molecular weight excluding hydrogens is 262 g/mol. The SMILES string of the molecule is CCCNC(CC1CCOC1)c1cccc(OC(C)C)c1. The van der Waals surface area contributed by atoms with Crippen molar-refractivity contribution in [3.8, 4) is 5.75 Å². The third-order valence-electron chi connectivity index (χ3n) is 3.87. The van der Waals surface area contributed by atoms with E-state index < -0.39 is 0 Å². The molecule has 1 aliphatic rings. The third-order valence-corrected chi connectivity index (χ3v) is 3.87. The van der Waals surface area contributed by atoms with Gasteiger partial charge in [-0.05, 0) is 63.3 Å². The highest BCUT2D eigenvalue weighted by molar-refractivity contribution is 5.31. The van der Waals surface area contributed by atoms with Crippen LogP contribution in [0.4, 0.5) is 0 Å². The number of ether oxygens (including phenoxy) is 2. The first-order chi connectivity index (χ1) is 10.2. The summed E-state index contributed by atoms with van der Waals surface area (Å²) in [7, 11) is 0. The van der Waals surface area contributed by atoms with Crippen LogP contribution in [-0.2, 0) is 4.74 Å². The second-order valence-electron chi connectivity index (χ2n) is 6.21. The molecule has 0 saturated carbocycles. The van der Waals surface area contributed by atoms with E-state index in [1.807, 2.05) is 6.07 Å². The third kappa shape index (κ3) is 5.33. The monoisotopic (exact) mass is 291 g/mol. The minimum atomic E-state index is 0.213. The molecule has 1 heterocycles. The Kier molecular flexibility index (Phi) is 6.52. The van der Waals surface area contributed by atoms with Gasteiger partial charge in [-0.2, -0.15) is 0 Å². The topological polar surface area (TPSA) is 30.5 Å². The first-order valence-corrected chi connectivity index (χ1v) is 8.26. The van der Waals surface area contributed by atoms with Crippen LogP contribution >= 0.6 is 0 Å². The highest BCUT2D eigenvalue weighted by atomic mass is 16.5. The van der Waals surface area contributed by atoms with Gasteiger partial charge < -0.3 is 14.8 Å². The van der Waals surface area contributed by atoms with Gasteiger partial charge in [-0.25, -0.2) is 0 Å². The Balaban J connectivity index is 2.06. The molecule has 1 N–H and O–H groups in total. The highest BCUT2D eigenvalue weighted by Gasteiger charge is 2.21. The average molecular weight is 291 g/mol. The lowest BCUT2D eigenvalue weighted by Gasteiger charge is -2.22. The van der Waals surface area contributed by atoms with Crippen molar-refractivity contribution in [1.82, 2.24) is 5.32 Å². The van der Waals surface area contributed by atoms with E-state index >= 15 is 0 Å². The van der Waals surface area contributed by atoms with E-state index in [-0.39, 0.29) is 6.10 Å². The van der Waals surface area contributed by atoms with Gasteiger partial charge in [0, 0.05) is 19.3 Å². The zero-order valence-corrected chi connectivity index (χ0v) is 13.6. The van der Waals surface area contributed by atoms with Crippen molar-refractivity contribution in [1.29, 1.82) is 0 Å². The van der Waals surface area contributed by atoms with Gasteiger partial charge >= 0.3 is 0 Å². The van der Waals surface area contributed by atoms with E-state index in [2.05, 4.69) is 44.3 Å².